The van der Waals surface area contributed by atoms with Gasteiger partial charge in [0.25, 0.3) is 0 Å². The minimum absolute atomic E-state index is 0.249. The number of aliphatic hydroxyl groups is 1. The van der Waals surface area contributed by atoms with Gasteiger partial charge in [0.15, 0.2) is 12.6 Å². The summed E-state index contributed by atoms with van der Waals surface area (Å²) in [4.78, 5) is 11.7. The third-order valence-corrected chi connectivity index (χ3v) is 5.06. The van der Waals surface area contributed by atoms with Crippen molar-refractivity contribution in [2.24, 2.45) is 0 Å². The Labute approximate surface area is 169 Å². The van der Waals surface area contributed by atoms with Crippen LogP contribution in [0.25, 0.3) is 0 Å². The fourth-order valence-corrected chi connectivity index (χ4v) is 3.65. The number of fused-ring (bicyclic) bond motifs is 1. The van der Waals surface area contributed by atoms with Crippen LogP contribution < -0.4 is 5.32 Å². The minimum Gasteiger partial charge on any atom is -0.388 e. The standard InChI is InChI=1S/C22H25NO6/c1-14(24)23-18-19(25)20-17(13-27-21(29-20)16-10-6-3-7-11-16)28-22(18)26-12-15-8-4-2-5-9-15/h2-11,17-22,25H,12-13H2,1H3,(H,23,24)/t17-,18-,19+,20-,21?,22+/m1/s1. The number of carbonyl (C=O) groups excluding carboxylic acids is 1. The molecule has 2 aromatic rings. The molecule has 2 aromatic carbocycles. The number of hydrogen-bond acceptors (Lipinski definition) is 6. The number of nitrogens with one attached hydrogen (secondary N) is 1. The number of rotatable bonds is 5. The molecule has 29 heavy (non-hydrogen) atoms. The molecule has 7 nitrogen and oxygen atoms in total. The summed E-state index contributed by atoms with van der Waals surface area (Å²) in [6, 6.07) is 18.4. The van der Waals surface area contributed by atoms with Crippen molar-refractivity contribution in [3.05, 3.63) is 71.8 Å². The molecule has 2 heterocycles. The Kier molecular flexibility index (Phi) is 6.22. The Morgan fingerprint density at radius 2 is 1.79 bits per heavy atom. The Balaban J connectivity index is 1.48. The maximum absolute atomic E-state index is 11.7. The van der Waals surface area contributed by atoms with Gasteiger partial charge in [-0.3, -0.25) is 4.79 Å². The van der Waals surface area contributed by atoms with Crippen LogP contribution in [0, 0.1) is 0 Å². The monoisotopic (exact) mass is 399 g/mol. The molecule has 0 saturated carbocycles. The van der Waals surface area contributed by atoms with Crippen LogP contribution in [0.1, 0.15) is 24.3 Å². The number of aliphatic hydroxyl groups excluding tert-OH is 1. The molecule has 2 aliphatic heterocycles. The molecule has 0 aliphatic carbocycles. The van der Waals surface area contributed by atoms with Gasteiger partial charge in [0.1, 0.15) is 24.4 Å². The van der Waals surface area contributed by atoms with Crippen molar-refractivity contribution in [2.45, 2.75) is 50.5 Å². The zero-order valence-electron chi connectivity index (χ0n) is 16.1. The van der Waals surface area contributed by atoms with Gasteiger partial charge in [-0.15, -0.1) is 0 Å². The maximum Gasteiger partial charge on any atom is 0.217 e. The predicted octanol–water partition coefficient (Wildman–Crippen LogP) is 1.91. The lowest BCUT2D eigenvalue weighted by Crippen LogP contribution is -2.66. The first-order valence-corrected chi connectivity index (χ1v) is 9.70. The number of carbonyl (C=O) groups is 1. The van der Waals surface area contributed by atoms with E-state index in [0.29, 0.717) is 6.61 Å². The van der Waals surface area contributed by atoms with E-state index in [2.05, 4.69) is 5.32 Å². The molecule has 1 unspecified atom stereocenters. The van der Waals surface area contributed by atoms with Crippen LogP contribution in [-0.2, 0) is 30.3 Å². The van der Waals surface area contributed by atoms with Crippen molar-refractivity contribution in [1.82, 2.24) is 5.32 Å². The molecule has 0 radical (unpaired) electrons. The zero-order valence-corrected chi connectivity index (χ0v) is 16.1. The molecule has 154 valence electrons. The van der Waals surface area contributed by atoms with Crippen LogP contribution >= 0.6 is 0 Å². The Hall–Kier alpha value is -2.29. The van der Waals surface area contributed by atoms with Crippen molar-refractivity contribution >= 4 is 5.91 Å². The first-order valence-electron chi connectivity index (χ1n) is 9.70. The van der Waals surface area contributed by atoms with E-state index in [9.17, 15) is 9.90 Å². The van der Waals surface area contributed by atoms with Crippen LogP contribution in [0.15, 0.2) is 60.7 Å². The van der Waals surface area contributed by atoms with E-state index in [-0.39, 0.29) is 12.5 Å². The highest BCUT2D eigenvalue weighted by atomic mass is 16.7. The maximum atomic E-state index is 11.7. The Morgan fingerprint density at radius 1 is 1.10 bits per heavy atom. The lowest BCUT2D eigenvalue weighted by Gasteiger charge is -2.47. The molecule has 6 atom stereocenters. The third-order valence-electron chi connectivity index (χ3n) is 5.06. The summed E-state index contributed by atoms with van der Waals surface area (Å²) in [6.07, 6.45) is -3.59. The van der Waals surface area contributed by atoms with Gasteiger partial charge in [-0.25, -0.2) is 0 Å². The topological polar surface area (TPSA) is 86.3 Å². The van der Waals surface area contributed by atoms with Gasteiger partial charge in [0.05, 0.1) is 13.2 Å². The molecular weight excluding hydrogens is 374 g/mol. The van der Waals surface area contributed by atoms with E-state index >= 15 is 0 Å². The molecule has 4 rings (SSSR count). The summed E-state index contributed by atoms with van der Waals surface area (Å²) in [6.45, 7) is 1.93. The summed E-state index contributed by atoms with van der Waals surface area (Å²) in [5.41, 5.74) is 1.83. The highest BCUT2D eigenvalue weighted by Gasteiger charge is 2.50. The number of hydrogen-bond donors (Lipinski definition) is 2. The summed E-state index contributed by atoms with van der Waals surface area (Å²) < 4.78 is 23.8. The lowest BCUT2D eigenvalue weighted by atomic mass is 9.95. The van der Waals surface area contributed by atoms with Crippen molar-refractivity contribution in [3.63, 3.8) is 0 Å². The molecule has 2 fully saturated rings. The van der Waals surface area contributed by atoms with E-state index in [0.717, 1.165) is 11.1 Å². The lowest BCUT2D eigenvalue weighted by molar-refractivity contribution is -0.345. The van der Waals surface area contributed by atoms with Crippen LogP contribution in [-0.4, -0.2) is 48.3 Å². The average Bonchev–Trinajstić information content (AvgIpc) is 2.75. The third kappa shape index (κ3) is 4.66. The second-order valence-electron chi connectivity index (χ2n) is 7.23. The summed E-state index contributed by atoms with van der Waals surface area (Å²) >= 11 is 0. The van der Waals surface area contributed by atoms with Crippen molar-refractivity contribution in [1.29, 1.82) is 0 Å². The normalized spacial score (nSPS) is 31.7. The van der Waals surface area contributed by atoms with Gasteiger partial charge in [-0.2, -0.15) is 0 Å². The summed E-state index contributed by atoms with van der Waals surface area (Å²) in [5, 5.41) is 13.7. The van der Waals surface area contributed by atoms with Crippen LogP contribution in [0.2, 0.25) is 0 Å². The average molecular weight is 399 g/mol. The molecule has 2 aliphatic rings. The zero-order chi connectivity index (χ0) is 20.2. The van der Waals surface area contributed by atoms with Crippen molar-refractivity contribution in [3.8, 4) is 0 Å². The molecule has 0 aromatic heterocycles. The molecule has 2 N–H and O–H groups in total. The fourth-order valence-electron chi connectivity index (χ4n) is 3.65. The molecule has 1 amide bonds. The quantitative estimate of drug-likeness (QED) is 0.799. The van der Waals surface area contributed by atoms with E-state index in [1.807, 2.05) is 60.7 Å². The van der Waals surface area contributed by atoms with E-state index in [1.54, 1.807) is 0 Å². The molecule has 0 bridgehead atoms. The largest absolute Gasteiger partial charge is 0.388 e. The smallest absolute Gasteiger partial charge is 0.217 e. The molecule has 2 saturated heterocycles. The van der Waals surface area contributed by atoms with Crippen LogP contribution in [0.5, 0.6) is 0 Å². The molecular formula is C22H25NO6. The van der Waals surface area contributed by atoms with Crippen LogP contribution in [0.3, 0.4) is 0 Å². The van der Waals surface area contributed by atoms with Gasteiger partial charge < -0.3 is 29.4 Å². The van der Waals surface area contributed by atoms with Gasteiger partial charge in [-0.1, -0.05) is 60.7 Å². The first-order chi connectivity index (χ1) is 14.1. The van der Waals surface area contributed by atoms with E-state index in [4.69, 9.17) is 18.9 Å². The highest BCUT2D eigenvalue weighted by Crippen LogP contribution is 2.34. The minimum atomic E-state index is -1.01. The fraction of sp³-hybridized carbons (Fsp3) is 0.409. The number of ether oxygens (including phenoxy) is 4. The van der Waals surface area contributed by atoms with Crippen molar-refractivity contribution in [2.75, 3.05) is 6.61 Å². The number of benzene rings is 2. The second kappa shape index (κ2) is 9.02. The number of amides is 1. The Bertz CT molecular complexity index is 801. The van der Waals surface area contributed by atoms with E-state index < -0.39 is 36.9 Å². The van der Waals surface area contributed by atoms with Gasteiger partial charge in [0.2, 0.25) is 5.91 Å². The molecule has 7 heteroatoms. The SMILES string of the molecule is CC(=O)N[C@H]1[C@@H](OCc2ccccc2)O[C@@H]2COC(c3ccccc3)O[C@H]2[C@H]1O. The summed E-state index contributed by atoms with van der Waals surface area (Å²) in [5.74, 6) is -0.281. The van der Waals surface area contributed by atoms with Crippen LogP contribution in [0.4, 0.5) is 0 Å². The van der Waals surface area contributed by atoms with Gasteiger partial charge in [-0.05, 0) is 5.56 Å². The second-order valence-corrected chi connectivity index (χ2v) is 7.23. The highest BCUT2D eigenvalue weighted by molar-refractivity contribution is 5.73. The summed E-state index contributed by atoms with van der Waals surface area (Å²) in [7, 11) is 0. The predicted molar refractivity (Wildman–Crippen MR) is 104 cm³/mol. The van der Waals surface area contributed by atoms with E-state index in [1.165, 1.54) is 6.92 Å². The van der Waals surface area contributed by atoms with Gasteiger partial charge >= 0.3 is 0 Å². The molecule has 0 spiro atoms. The van der Waals surface area contributed by atoms with Gasteiger partial charge in [0, 0.05) is 12.5 Å². The Morgan fingerprint density at radius 3 is 2.48 bits per heavy atom. The van der Waals surface area contributed by atoms with Crippen molar-refractivity contribution < 1.29 is 28.8 Å². The first kappa shape index (κ1) is 20.0.